The van der Waals surface area contributed by atoms with E-state index in [0.29, 0.717) is 22.0 Å². The second-order valence-corrected chi connectivity index (χ2v) is 8.74. The summed E-state index contributed by atoms with van der Waals surface area (Å²) in [6, 6.07) is 7.25. The van der Waals surface area contributed by atoms with Gasteiger partial charge in [-0.05, 0) is 45.0 Å². The fourth-order valence-electron chi connectivity index (χ4n) is 2.96. The molecule has 0 atom stereocenters. The van der Waals surface area contributed by atoms with Gasteiger partial charge in [-0.1, -0.05) is 29.3 Å². The van der Waals surface area contributed by atoms with Gasteiger partial charge in [-0.25, -0.2) is 13.1 Å². The minimum Gasteiger partial charge on any atom is -0.455 e. The molecular weight excluding hydrogens is 398 g/mol. The highest BCUT2D eigenvalue weighted by atomic mass is 35.5. The summed E-state index contributed by atoms with van der Waals surface area (Å²) < 4.78 is 33.3. The predicted octanol–water partition coefficient (Wildman–Crippen LogP) is 4.42. The van der Waals surface area contributed by atoms with Crippen molar-refractivity contribution in [1.82, 2.24) is 14.7 Å². The first-order chi connectivity index (χ1) is 13.2. The van der Waals surface area contributed by atoms with Crippen molar-refractivity contribution in [2.24, 2.45) is 0 Å². The molecule has 0 spiro atoms. The number of nitrogens with zero attached hydrogens (tertiary/aromatic N) is 2. The van der Waals surface area contributed by atoms with Gasteiger partial charge in [0, 0.05) is 24.0 Å². The number of nitrogens with one attached hydrogen (secondary N) is 1. The first-order valence-corrected chi connectivity index (χ1v) is 10.4. The van der Waals surface area contributed by atoms with Crippen molar-refractivity contribution in [3.63, 3.8) is 0 Å². The van der Waals surface area contributed by atoms with E-state index in [1.165, 1.54) is 19.4 Å². The van der Waals surface area contributed by atoms with E-state index in [2.05, 4.69) is 14.7 Å². The molecule has 0 aliphatic heterocycles. The Morgan fingerprint density at radius 1 is 1.00 bits per heavy atom. The number of benzene rings is 1. The van der Waals surface area contributed by atoms with Gasteiger partial charge in [-0.15, -0.1) is 0 Å². The molecule has 0 unspecified atom stereocenters. The molecule has 0 radical (unpaired) electrons. The Kier molecular flexibility index (Phi) is 5.69. The molecule has 2 aromatic heterocycles. The normalized spacial score (nSPS) is 11.5. The Morgan fingerprint density at radius 3 is 2.29 bits per heavy atom. The van der Waals surface area contributed by atoms with Crippen LogP contribution in [0.2, 0.25) is 5.02 Å². The molecule has 1 aromatic carbocycles. The Labute approximate surface area is 169 Å². The number of aryl methyl sites for hydroxylation is 3. The lowest BCUT2D eigenvalue weighted by molar-refractivity contribution is 0.459. The minimum atomic E-state index is -3.77. The Balaban J connectivity index is 2.17. The number of sulfonamides is 1. The van der Waals surface area contributed by atoms with E-state index in [0.717, 1.165) is 16.7 Å². The van der Waals surface area contributed by atoms with Crippen molar-refractivity contribution in [2.45, 2.75) is 25.7 Å². The predicted molar refractivity (Wildman–Crippen MR) is 109 cm³/mol. The second-order valence-electron chi connectivity index (χ2n) is 6.45. The van der Waals surface area contributed by atoms with Crippen LogP contribution in [0.15, 0.2) is 47.8 Å². The van der Waals surface area contributed by atoms with E-state index < -0.39 is 10.0 Å². The van der Waals surface area contributed by atoms with E-state index in [-0.39, 0.29) is 10.6 Å². The lowest BCUT2D eigenvalue weighted by atomic mass is 10.1. The number of aromatic nitrogens is 2. The molecule has 0 fully saturated rings. The Bertz CT molecular complexity index is 1120. The Hall–Kier alpha value is -2.48. The quantitative estimate of drug-likeness (QED) is 0.664. The molecule has 0 aliphatic carbocycles. The van der Waals surface area contributed by atoms with Gasteiger partial charge in [0.1, 0.15) is 10.6 Å². The molecule has 3 rings (SSSR count). The third-order valence-corrected chi connectivity index (χ3v) is 5.84. The van der Waals surface area contributed by atoms with Crippen molar-refractivity contribution in [3.05, 3.63) is 64.6 Å². The van der Waals surface area contributed by atoms with Crippen molar-refractivity contribution in [1.29, 1.82) is 0 Å². The molecule has 0 amide bonds. The summed E-state index contributed by atoms with van der Waals surface area (Å²) in [6.07, 6.45) is 4.39. The van der Waals surface area contributed by atoms with Crippen molar-refractivity contribution >= 4 is 21.6 Å². The molecule has 28 heavy (non-hydrogen) atoms. The van der Waals surface area contributed by atoms with E-state index in [1.807, 2.05) is 32.9 Å². The summed E-state index contributed by atoms with van der Waals surface area (Å²) in [5.74, 6) is 0.786. The first kappa shape index (κ1) is 20.3. The van der Waals surface area contributed by atoms with Crippen molar-refractivity contribution < 1.29 is 13.2 Å². The van der Waals surface area contributed by atoms with E-state index in [4.69, 9.17) is 16.3 Å². The molecule has 3 aromatic rings. The van der Waals surface area contributed by atoms with Crippen LogP contribution in [-0.4, -0.2) is 25.4 Å². The highest BCUT2D eigenvalue weighted by molar-refractivity contribution is 7.89. The number of pyridine rings is 2. The number of rotatable bonds is 5. The summed E-state index contributed by atoms with van der Waals surface area (Å²) in [7, 11) is -2.43. The van der Waals surface area contributed by atoms with Gasteiger partial charge in [0.05, 0.1) is 16.9 Å². The third kappa shape index (κ3) is 4.16. The molecular formula is C20H20ClN3O3S. The van der Waals surface area contributed by atoms with Gasteiger partial charge in [-0.2, -0.15) is 0 Å². The molecule has 0 saturated carbocycles. The maximum absolute atomic E-state index is 12.5. The topological polar surface area (TPSA) is 81.2 Å². The molecule has 6 nitrogen and oxygen atoms in total. The van der Waals surface area contributed by atoms with E-state index in [9.17, 15) is 8.42 Å². The highest BCUT2D eigenvalue weighted by Gasteiger charge is 2.21. The number of halogens is 1. The lowest BCUT2D eigenvalue weighted by Crippen LogP contribution is -2.19. The zero-order valence-electron chi connectivity index (χ0n) is 15.9. The van der Waals surface area contributed by atoms with Crippen LogP contribution in [0, 0.1) is 20.8 Å². The lowest BCUT2D eigenvalue weighted by Gasteiger charge is -2.16. The average molecular weight is 418 g/mol. The summed E-state index contributed by atoms with van der Waals surface area (Å²) in [5.41, 5.74) is 4.08. The van der Waals surface area contributed by atoms with Gasteiger partial charge in [-0.3, -0.25) is 9.97 Å². The zero-order chi connectivity index (χ0) is 20.5. The maximum atomic E-state index is 12.5. The van der Waals surface area contributed by atoms with E-state index in [1.54, 1.807) is 18.3 Å². The summed E-state index contributed by atoms with van der Waals surface area (Å²) in [4.78, 5) is 8.28. The van der Waals surface area contributed by atoms with Gasteiger partial charge in [0.25, 0.3) is 0 Å². The van der Waals surface area contributed by atoms with Crippen LogP contribution in [0.5, 0.6) is 11.5 Å². The van der Waals surface area contributed by atoms with E-state index >= 15 is 0 Å². The maximum Gasteiger partial charge on any atom is 0.245 e. The third-order valence-electron chi connectivity index (χ3n) is 4.21. The molecule has 8 heteroatoms. The number of ether oxygens (including phenoxy) is 1. The highest BCUT2D eigenvalue weighted by Crippen LogP contribution is 2.35. The molecule has 0 aliphatic rings. The van der Waals surface area contributed by atoms with Crippen molar-refractivity contribution in [2.75, 3.05) is 7.05 Å². The largest absolute Gasteiger partial charge is 0.455 e. The fourth-order valence-corrected chi connectivity index (χ4v) is 3.91. The standard InChI is InChI=1S/C20H20ClN3O3S/c1-12-5-13(2)20(14(3)6-12)27-18-8-17(15-7-16(21)10-23-9-15)24-11-19(18)28(25,26)22-4/h5-11,22H,1-4H3. The molecule has 0 saturated heterocycles. The van der Waals surface area contributed by atoms with Crippen LogP contribution in [-0.2, 0) is 10.0 Å². The van der Waals surface area contributed by atoms with Crippen LogP contribution >= 0.6 is 11.6 Å². The van der Waals surface area contributed by atoms with Gasteiger partial charge >= 0.3 is 0 Å². The summed E-state index contributed by atoms with van der Waals surface area (Å²) >= 11 is 6.02. The number of hydrogen-bond acceptors (Lipinski definition) is 5. The molecule has 2 heterocycles. The molecule has 146 valence electrons. The van der Waals surface area contributed by atoms with Crippen LogP contribution < -0.4 is 9.46 Å². The summed E-state index contributed by atoms with van der Waals surface area (Å²) in [5, 5.41) is 0.457. The average Bonchev–Trinajstić information content (AvgIpc) is 2.64. The van der Waals surface area contributed by atoms with Crippen LogP contribution in [0.4, 0.5) is 0 Å². The van der Waals surface area contributed by atoms with Crippen molar-refractivity contribution in [3.8, 4) is 22.8 Å². The fraction of sp³-hybridized carbons (Fsp3) is 0.200. The second kappa shape index (κ2) is 7.87. The monoisotopic (exact) mass is 417 g/mol. The smallest absolute Gasteiger partial charge is 0.245 e. The first-order valence-electron chi connectivity index (χ1n) is 8.51. The van der Waals surface area contributed by atoms with Gasteiger partial charge in [0.15, 0.2) is 5.75 Å². The number of hydrogen-bond donors (Lipinski definition) is 1. The van der Waals surface area contributed by atoms with Crippen LogP contribution in [0.3, 0.4) is 0 Å². The SMILES string of the molecule is CNS(=O)(=O)c1cnc(-c2cncc(Cl)c2)cc1Oc1c(C)cc(C)cc1C. The molecule has 0 bridgehead atoms. The van der Waals surface area contributed by atoms with Crippen LogP contribution in [0.25, 0.3) is 11.3 Å². The summed E-state index contributed by atoms with van der Waals surface area (Å²) in [6.45, 7) is 5.84. The minimum absolute atomic E-state index is 0.0480. The Morgan fingerprint density at radius 2 is 1.68 bits per heavy atom. The van der Waals surface area contributed by atoms with Gasteiger partial charge in [0.2, 0.25) is 10.0 Å². The molecule has 1 N–H and O–H groups in total. The zero-order valence-corrected chi connectivity index (χ0v) is 17.5. The van der Waals surface area contributed by atoms with Crippen LogP contribution in [0.1, 0.15) is 16.7 Å². The van der Waals surface area contributed by atoms with Gasteiger partial charge < -0.3 is 4.74 Å².